The van der Waals surface area contributed by atoms with Crippen molar-refractivity contribution in [2.45, 2.75) is 6.54 Å². The number of methoxy groups -OCH3 is 1. The number of nitrogens with zero attached hydrogens (tertiary/aromatic N) is 4. The average Bonchev–Trinajstić information content (AvgIpc) is 2.74. The van der Waals surface area contributed by atoms with Crippen LogP contribution in [0.4, 0.5) is 5.95 Å². The SMILES string of the molecule is COc1nscc1Cn1nc(N)nc1Br. The Morgan fingerprint density at radius 3 is 3.07 bits per heavy atom. The van der Waals surface area contributed by atoms with Crippen molar-refractivity contribution in [1.82, 2.24) is 19.1 Å². The Morgan fingerprint density at radius 2 is 2.47 bits per heavy atom. The van der Waals surface area contributed by atoms with E-state index in [9.17, 15) is 0 Å². The molecule has 8 heteroatoms. The fourth-order valence-electron chi connectivity index (χ4n) is 1.12. The molecule has 0 aliphatic heterocycles. The molecule has 0 aromatic carbocycles. The molecule has 0 saturated carbocycles. The van der Waals surface area contributed by atoms with E-state index >= 15 is 0 Å². The highest BCUT2D eigenvalue weighted by molar-refractivity contribution is 9.10. The van der Waals surface area contributed by atoms with Crippen LogP contribution in [0.25, 0.3) is 0 Å². The standard InChI is InChI=1S/C7H8BrN5OS/c1-14-5-4(3-15-12-5)2-13-6(8)10-7(9)11-13/h3H,2H2,1H3,(H2,9,11). The summed E-state index contributed by atoms with van der Waals surface area (Å²) in [7, 11) is 1.59. The van der Waals surface area contributed by atoms with Crippen LogP contribution in [0, 0.1) is 0 Å². The summed E-state index contributed by atoms with van der Waals surface area (Å²) in [5, 5.41) is 5.92. The van der Waals surface area contributed by atoms with Crippen molar-refractivity contribution in [3.05, 3.63) is 15.7 Å². The quantitative estimate of drug-likeness (QED) is 0.917. The minimum atomic E-state index is 0.240. The van der Waals surface area contributed by atoms with Crippen LogP contribution >= 0.6 is 27.5 Å². The van der Waals surface area contributed by atoms with E-state index in [1.54, 1.807) is 11.8 Å². The average molecular weight is 290 g/mol. The highest BCUT2D eigenvalue weighted by Gasteiger charge is 2.10. The molecule has 2 rings (SSSR count). The van der Waals surface area contributed by atoms with Crippen LogP contribution < -0.4 is 10.5 Å². The summed E-state index contributed by atoms with van der Waals surface area (Å²) in [5.74, 6) is 0.852. The molecule has 2 aromatic rings. The van der Waals surface area contributed by atoms with Crippen molar-refractivity contribution in [3.63, 3.8) is 0 Å². The summed E-state index contributed by atoms with van der Waals surface area (Å²) in [4.78, 5) is 3.94. The summed E-state index contributed by atoms with van der Waals surface area (Å²) in [5.41, 5.74) is 6.41. The van der Waals surface area contributed by atoms with Gasteiger partial charge in [-0.1, -0.05) is 0 Å². The van der Waals surface area contributed by atoms with Gasteiger partial charge in [-0.3, -0.25) is 0 Å². The summed E-state index contributed by atoms with van der Waals surface area (Å²) >= 11 is 4.60. The number of hydrogen-bond donors (Lipinski definition) is 1. The number of halogens is 1. The van der Waals surface area contributed by atoms with E-state index in [0.29, 0.717) is 17.2 Å². The first-order valence-corrected chi connectivity index (χ1v) is 5.66. The third-order valence-corrected chi connectivity index (χ3v) is 3.01. The normalized spacial score (nSPS) is 10.5. The second-order valence-corrected chi connectivity index (χ2v) is 4.08. The summed E-state index contributed by atoms with van der Waals surface area (Å²) < 4.78 is 11.4. The molecule has 2 N–H and O–H groups in total. The van der Waals surface area contributed by atoms with Crippen LogP contribution in [-0.4, -0.2) is 26.2 Å². The molecule has 6 nitrogen and oxygen atoms in total. The minimum Gasteiger partial charge on any atom is -0.480 e. The molecule has 80 valence electrons. The molecule has 0 fully saturated rings. The summed E-state index contributed by atoms with van der Waals surface area (Å²) in [6.45, 7) is 0.532. The van der Waals surface area contributed by atoms with Gasteiger partial charge < -0.3 is 10.5 Å². The van der Waals surface area contributed by atoms with Crippen molar-refractivity contribution in [2.75, 3.05) is 12.8 Å². The van der Waals surface area contributed by atoms with E-state index in [0.717, 1.165) is 5.56 Å². The van der Waals surface area contributed by atoms with Gasteiger partial charge in [-0.15, -0.1) is 5.10 Å². The van der Waals surface area contributed by atoms with Crippen LogP contribution in [0.3, 0.4) is 0 Å². The Kier molecular flexibility index (Phi) is 2.87. The van der Waals surface area contributed by atoms with Gasteiger partial charge in [0.05, 0.1) is 13.7 Å². The van der Waals surface area contributed by atoms with Gasteiger partial charge in [-0.25, -0.2) is 4.68 Å². The number of nitrogen functional groups attached to an aromatic ring is 1. The predicted octanol–water partition coefficient (Wildman–Crippen LogP) is 1.14. The molecule has 0 saturated heterocycles. The van der Waals surface area contributed by atoms with Crippen molar-refractivity contribution >= 4 is 33.4 Å². The Hall–Kier alpha value is -1.15. The monoisotopic (exact) mass is 289 g/mol. The molecule has 2 aromatic heterocycles. The molecule has 0 atom stereocenters. The van der Waals surface area contributed by atoms with Crippen LogP contribution in [0.15, 0.2) is 10.1 Å². The van der Waals surface area contributed by atoms with Gasteiger partial charge in [-0.05, 0) is 27.5 Å². The topological polar surface area (TPSA) is 78.8 Å². The maximum absolute atomic E-state index is 5.46. The molecule has 2 heterocycles. The van der Waals surface area contributed by atoms with E-state index in [1.807, 2.05) is 5.38 Å². The molecule has 0 unspecified atom stereocenters. The van der Waals surface area contributed by atoms with Crippen LogP contribution in [-0.2, 0) is 6.54 Å². The lowest BCUT2D eigenvalue weighted by atomic mass is 10.3. The van der Waals surface area contributed by atoms with Gasteiger partial charge >= 0.3 is 0 Å². The van der Waals surface area contributed by atoms with E-state index < -0.39 is 0 Å². The van der Waals surface area contributed by atoms with Gasteiger partial charge in [0.1, 0.15) is 0 Å². The fourth-order valence-corrected chi connectivity index (χ4v) is 2.15. The zero-order valence-corrected chi connectivity index (χ0v) is 10.2. The molecule has 0 spiro atoms. The summed E-state index contributed by atoms with van der Waals surface area (Å²) in [6, 6.07) is 0. The molecule has 0 radical (unpaired) electrons. The van der Waals surface area contributed by atoms with Gasteiger partial charge in [0.25, 0.3) is 0 Å². The first kappa shape index (κ1) is 10.4. The lowest BCUT2D eigenvalue weighted by Crippen LogP contribution is -2.03. The molecule has 0 aliphatic carbocycles. The smallest absolute Gasteiger partial charge is 0.240 e. The predicted molar refractivity (Wildman–Crippen MR) is 59.9 cm³/mol. The molecular weight excluding hydrogens is 282 g/mol. The van der Waals surface area contributed by atoms with E-state index in [2.05, 4.69) is 30.4 Å². The molecule has 15 heavy (non-hydrogen) atoms. The Morgan fingerprint density at radius 1 is 1.67 bits per heavy atom. The highest BCUT2D eigenvalue weighted by atomic mass is 79.9. The number of rotatable bonds is 3. The Labute approximate surface area is 98.4 Å². The van der Waals surface area contributed by atoms with Gasteiger partial charge in [-0.2, -0.15) is 9.36 Å². The van der Waals surface area contributed by atoms with Crippen molar-refractivity contribution in [2.24, 2.45) is 0 Å². The molecule has 0 aliphatic rings. The second-order valence-electron chi connectivity index (χ2n) is 2.75. The number of aromatic nitrogens is 4. The first-order valence-electron chi connectivity index (χ1n) is 4.03. The van der Waals surface area contributed by atoms with E-state index in [1.165, 1.54) is 11.5 Å². The maximum atomic E-state index is 5.46. The second kappa shape index (κ2) is 4.15. The first-order chi connectivity index (χ1) is 7.20. The highest BCUT2D eigenvalue weighted by Crippen LogP contribution is 2.21. The largest absolute Gasteiger partial charge is 0.480 e. The Bertz CT molecular complexity index is 468. The zero-order valence-electron chi connectivity index (χ0n) is 7.85. The molecular formula is C7H8BrN5OS. The number of anilines is 1. The third kappa shape index (κ3) is 2.10. The summed E-state index contributed by atoms with van der Waals surface area (Å²) in [6.07, 6.45) is 0. The maximum Gasteiger partial charge on any atom is 0.240 e. The lowest BCUT2D eigenvalue weighted by molar-refractivity contribution is 0.395. The number of ether oxygens (including phenoxy) is 1. The van der Waals surface area contributed by atoms with Crippen LogP contribution in [0.2, 0.25) is 0 Å². The number of nitrogens with two attached hydrogens (primary N) is 1. The molecule has 0 bridgehead atoms. The van der Waals surface area contributed by atoms with Crippen molar-refractivity contribution in [3.8, 4) is 5.88 Å². The minimum absolute atomic E-state index is 0.240. The number of hydrogen-bond acceptors (Lipinski definition) is 6. The molecule has 0 amide bonds. The lowest BCUT2D eigenvalue weighted by Gasteiger charge is -2.01. The van der Waals surface area contributed by atoms with Gasteiger partial charge in [0.15, 0.2) is 4.73 Å². The van der Waals surface area contributed by atoms with E-state index in [4.69, 9.17) is 10.5 Å². The van der Waals surface area contributed by atoms with E-state index in [-0.39, 0.29) is 5.95 Å². The van der Waals surface area contributed by atoms with Gasteiger partial charge in [0.2, 0.25) is 11.8 Å². The van der Waals surface area contributed by atoms with Crippen LogP contribution in [0.5, 0.6) is 5.88 Å². The van der Waals surface area contributed by atoms with Crippen molar-refractivity contribution < 1.29 is 4.74 Å². The van der Waals surface area contributed by atoms with Crippen LogP contribution in [0.1, 0.15) is 5.56 Å². The van der Waals surface area contributed by atoms with Gasteiger partial charge in [0, 0.05) is 10.9 Å². The fraction of sp³-hybridized carbons (Fsp3) is 0.286. The Balaban J connectivity index is 2.25. The van der Waals surface area contributed by atoms with Crippen molar-refractivity contribution in [1.29, 1.82) is 0 Å². The zero-order chi connectivity index (χ0) is 10.8. The third-order valence-electron chi connectivity index (χ3n) is 1.76.